The molecule has 3 heteroatoms. The van der Waals surface area contributed by atoms with E-state index in [1.165, 1.54) is 31.2 Å². The van der Waals surface area contributed by atoms with Gasteiger partial charge in [0.05, 0.1) is 6.61 Å². The minimum atomic E-state index is 0.411. The number of hydrogen-bond donors (Lipinski definition) is 0. The Morgan fingerprint density at radius 1 is 1.21 bits per heavy atom. The van der Waals surface area contributed by atoms with Crippen LogP contribution in [-0.4, -0.2) is 6.61 Å². The van der Waals surface area contributed by atoms with Gasteiger partial charge in [-0.2, -0.15) is 0 Å². The third-order valence-corrected chi connectivity index (χ3v) is 5.37. The summed E-state index contributed by atoms with van der Waals surface area (Å²) in [4.78, 5) is 0.411. The second-order valence-electron chi connectivity index (χ2n) is 4.83. The van der Waals surface area contributed by atoms with Crippen LogP contribution in [0.4, 0.5) is 0 Å². The third-order valence-electron chi connectivity index (χ3n) is 3.45. The van der Waals surface area contributed by atoms with Gasteiger partial charge in [0.25, 0.3) is 0 Å². The van der Waals surface area contributed by atoms with Crippen molar-refractivity contribution in [2.45, 2.75) is 51.3 Å². The van der Waals surface area contributed by atoms with Crippen molar-refractivity contribution in [2.75, 3.05) is 6.61 Å². The Labute approximate surface area is 134 Å². The van der Waals surface area contributed by atoms with Crippen molar-refractivity contribution in [1.29, 1.82) is 0 Å². The number of halogens is 2. The average molecular weight is 392 g/mol. The van der Waals surface area contributed by atoms with Crippen LogP contribution in [0.5, 0.6) is 5.75 Å². The fourth-order valence-corrected chi connectivity index (χ4v) is 4.21. The molecule has 0 aliphatic rings. The fourth-order valence-electron chi connectivity index (χ4n) is 2.27. The molecule has 0 aliphatic carbocycles. The first-order valence-corrected chi connectivity index (χ1v) is 8.91. The maximum Gasteiger partial charge on any atom is 0.120 e. The molecule has 0 saturated carbocycles. The summed E-state index contributed by atoms with van der Waals surface area (Å²) in [5.74, 6) is 1.62. The number of benzene rings is 1. The molecule has 0 heterocycles. The maximum absolute atomic E-state index is 5.53. The monoisotopic (exact) mass is 390 g/mol. The molecule has 0 spiro atoms. The molecular formula is C16H24Br2O. The Hall–Kier alpha value is -0.0200. The van der Waals surface area contributed by atoms with E-state index < -0.39 is 0 Å². The largest absolute Gasteiger partial charge is 0.494 e. The average Bonchev–Trinajstić information content (AvgIpc) is 2.40. The van der Waals surface area contributed by atoms with E-state index in [9.17, 15) is 0 Å². The summed E-state index contributed by atoms with van der Waals surface area (Å²) in [5.41, 5.74) is 1.33. The highest BCUT2D eigenvalue weighted by atomic mass is 79.9. The predicted molar refractivity (Wildman–Crippen MR) is 90.3 cm³/mol. The Morgan fingerprint density at radius 3 is 2.47 bits per heavy atom. The standard InChI is InChI=1S/C16H24Br2O/c1-4-7-8-12(5-2)16(18)14-10-9-13(19-6-3)11-15(14)17/h9-12,16H,4-8H2,1-3H3. The third kappa shape index (κ3) is 5.11. The van der Waals surface area contributed by atoms with Crippen LogP contribution >= 0.6 is 31.9 Å². The van der Waals surface area contributed by atoms with Gasteiger partial charge in [-0.1, -0.05) is 71.0 Å². The van der Waals surface area contributed by atoms with Crippen LogP contribution in [-0.2, 0) is 0 Å². The lowest BCUT2D eigenvalue weighted by atomic mass is 9.92. The van der Waals surface area contributed by atoms with Crippen molar-refractivity contribution in [3.05, 3.63) is 28.2 Å². The van der Waals surface area contributed by atoms with Crippen molar-refractivity contribution in [3.63, 3.8) is 0 Å². The van der Waals surface area contributed by atoms with E-state index in [2.05, 4.69) is 63.9 Å². The van der Waals surface area contributed by atoms with Crippen LogP contribution in [0.1, 0.15) is 56.8 Å². The van der Waals surface area contributed by atoms with Gasteiger partial charge < -0.3 is 4.74 Å². The van der Waals surface area contributed by atoms with Gasteiger partial charge in [-0.05, 0) is 37.0 Å². The molecule has 0 aliphatic heterocycles. The van der Waals surface area contributed by atoms with E-state index in [1.54, 1.807) is 0 Å². The molecule has 2 unspecified atom stereocenters. The number of ether oxygens (including phenoxy) is 1. The number of hydrogen-bond acceptors (Lipinski definition) is 1. The topological polar surface area (TPSA) is 9.23 Å². The molecule has 19 heavy (non-hydrogen) atoms. The van der Waals surface area contributed by atoms with E-state index in [0.717, 1.165) is 10.2 Å². The van der Waals surface area contributed by atoms with Crippen molar-refractivity contribution in [2.24, 2.45) is 5.92 Å². The maximum atomic E-state index is 5.53. The zero-order valence-corrected chi connectivity index (χ0v) is 15.3. The molecule has 108 valence electrons. The Balaban J connectivity index is 2.82. The van der Waals surface area contributed by atoms with Crippen LogP contribution in [0.3, 0.4) is 0 Å². The number of alkyl halides is 1. The lowest BCUT2D eigenvalue weighted by Crippen LogP contribution is -2.07. The van der Waals surface area contributed by atoms with Gasteiger partial charge in [0, 0.05) is 9.30 Å². The second kappa shape index (κ2) is 9.02. The molecule has 0 saturated heterocycles. The van der Waals surface area contributed by atoms with E-state index in [4.69, 9.17) is 4.74 Å². The van der Waals surface area contributed by atoms with E-state index in [0.29, 0.717) is 17.4 Å². The van der Waals surface area contributed by atoms with Gasteiger partial charge in [-0.3, -0.25) is 0 Å². The van der Waals surface area contributed by atoms with Gasteiger partial charge in [0.15, 0.2) is 0 Å². The zero-order chi connectivity index (χ0) is 14.3. The predicted octanol–water partition coefficient (Wildman–Crippen LogP) is 6.50. The van der Waals surface area contributed by atoms with E-state index >= 15 is 0 Å². The molecule has 0 aromatic heterocycles. The van der Waals surface area contributed by atoms with Crippen LogP contribution < -0.4 is 4.74 Å². The number of unbranched alkanes of at least 4 members (excludes halogenated alkanes) is 1. The van der Waals surface area contributed by atoms with Crippen LogP contribution in [0.15, 0.2) is 22.7 Å². The molecule has 0 N–H and O–H groups in total. The van der Waals surface area contributed by atoms with E-state index in [1.807, 2.05) is 6.92 Å². The minimum absolute atomic E-state index is 0.411. The molecule has 1 aromatic carbocycles. The SMILES string of the molecule is CCCCC(CC)C(Br)c1ccc(OCC)cc1Br. The highest BCUT2D eigenvalue weighted by molar-refractivity contribution is 9.11. The van der Waals surface area contributed by atoms with Crippen molar-refractivity contribution >= 4 is 31.9 Å². The smallest absolute Gasteiger partial charge is 0.120 e. The first-order chi connectivity index (χ1) is 9.13. The van der Waals surface area contributed by atoms with Gasteiger partial charge in [-0.25, -0.2) is 0 Å². The van der Waals surface area contributed by atoms with Crippen molar-refractivity contribution in [1.82, 2.24) is 0 Å². The first kappa shape index (κ1) is 17.0. The Morgan fingerprint density at radius 2 is 1.95 bits per heavy atom. The lowest BCUT2D eigenvalue weighted by molar-refractivity contribution is 0.340. The van der Waals surface area contributed by atoms with Crippen molar-refractivity contribution < 1.29 is 4.74 Å². The quantitative estimate of drug-likeness (QED) is 0.459. The van der Waals surface area contributed by atoms with Crippen LogP contribution in [0.25, 0.3) is 0 Å². The molecule has 1 rings (SSSR count). The molecule has 0 radical (unpaired) electrons. The highest BCUT2D eigenvalue weighted by Crippen LogP contribution is 2.40. The van der Waals surface area contributed by atoms with Gasteiger partial charge in [0.1, 0.15) is 5.75 Å². The molecular weight excluding hydrogens is 368 g/mol. The van der Waals surface area contributed by atoms with Gasteiger partial charge in [-0.15, -0.1) is 0 Å². The molecule has 2 atom stereocenters. The molecule has 0 amide bonds. The molecule has 1 nitrogen and oxygen atoms in total. The van der Waals surface area contributed by atoms with E-state index in [-0.39, 0.29) is 0 Å². The molecule has 1 aromatic rings. The first-order valence-electron chi connectivity index (χ1n) is 7.20. The fraction of sp³-hybridized carbons (Fsp3) is 0.625. The van der Waals surface area contributed by atoms with Gasteiger partial charge >= 0.3 is 0 Å². The number of rotatable bonds is 8. The lowest BCUT2D eigenvalue weighted by Gasteiger charge is -2.22. The van der Waals surface area contributed by atoms with Gasteiger partial charge in [0.2, 0.25) is 0 Å². The summed E-state index contributed by atoms with van der Waals surface area (Å²) in [7, 11) is 0. The second-order valence-corrected chi connectivity index (χ2v) is 6.67. The Kier molecular flexibility index (Phi) is 8.08. The summed E-state index contributed by atoms with van der Waals surface area (Å²) in [6.07, 6.45) is 5.05. The van der Waals surface area contributed by atoms with Crippen LogP contribution in [0, 0.1) is 5.92 Å². The summed E-state index contributed by atoms with van der Waals surface area (Å²) in [6.45, 7) is 7.24. The van der Waals surface area contributed by atoms with Crippen molar-refractivity contribution in [3.8, 4) is 5.75 Å². The summed E-state index contributed by atoms with van der Waals surface area (Å²) >= 11 is 7.56. The summed E-state index contributed by atoms with van der Waals surface area (Å²) in [5, 5.41) is 0. The molecule has 0 bridgehead atoms. The highest BCUT2D eigenvalue weighted by Gasteiger charge is 2.20. The molecule has 0 fully saturated rings. The Bertz CT molecular complexity index is 379. The normalized spacial score (nSPS) is 14.2. The summed E-state index contributed by atoms with van der Waals surface area (Å²) in [6, 6.07) is 6.30. The zero-order valence-electron chi connectivity index (χ0n) is 12.1. The minimum Gasteiger partial charge on any atom is -0.494 e. The van der Waals surface area contributed by atoms with Crippen LogP contribution in [0.2, 0.25) is 0 Å². The summed E-state index contributed by atoms with van der Waals surface area (Å²) < 4.78 is 6.66.